The van der Waals surface area contributed by atoms with Crippen molar-refractivity contribution in [1.29, 1.82) is 0 Å². The first-order chi connectivity index (χ1) is 3.73. The number of hydrogen-bond acceptors (Lipinski definition) is 3. The molecule has 0 rings (SSSR count). The summed E-state index contributed by atoms with van der Waals surface area (Å²) >= 11 is -5.25. The van der Waals surface area contributed by atoms with Gasteiger partial charge in [-0.3, -0.25) is 0 Å². The van der Waals surface area contributed by atoms with E-state index in [-0.39, 0.29) is 145 Å². The van der Waals surface area contributed by atoms with Gasteiger partial charge in [-0.05, 0) is 0 Å². The molecule has 0 aromatic carbocycles. The molecule has 0 heterocycles. The van der Waals surface area contributed by atoms with Crippen molar-refractivity contribution in [3.8, 4) is 0 Å². The van der Waals surface area contributed by atoms with E-state index in [1.807, 2.05) is 0 Å². The molecule has 0 saturated heterocycles. The average Bonchev–Trinajstić information content (AvgIpc) is 1.19. The first kappa shape index (κ1) is 59.8. The predicted molar refractivity (Wildman–Crippen MR) is 76.8 cm³/mol. The van der Waals surface area contributed by atoms with E-state index < -0.39 is 19.8 Å². The van der Waals surface area contributed by atoms with E-state index in [1.54, 1.807) is 0 Å². The Bertz CT molecular complexity index is 175. The normalized spacial score (nSPS) is 5.12. The Balaban J connectivity index is -0.00000000614. The first-order valence-corrected chi connectivity index (χ1v) is 3.53. The molecule has 0 spiro atoms. The summed E-state index contributed by atoms with van der Waals surface area (Å²) in [5, 5.41) is 13.9. The SMILES string of the molecule is Br.Cl.O=C(O)O.[MgH2].[MgH2].[MgH2].[MgH2].[MgH2].[O]=[Cr](=[O])([OH])[OH]. The molecule has 0 saturated carbocycles. The van der Waals surface area contributed by atoms with Crippen LogP contribution in [0.15, 0.2) is 0 Å². The van der Waals surface area contributed by atoms with Crippen LogP contribution >= 0.6 is 29.4 Å². The van der Waals surface area contributed by atoms with Gasteiger partial charge in [0.15, 0.2) is 0 Å². The van der Waals surface area contributed by atoms with Gasteiger partial charge in [-0.15, -0.1) is 29.4 Å². The molecule has 0 aromatic rings. The molecule has 15 heteroatoms. The van der Waals surface area contributed by atoms with Crippen LogP contribution in [0.1, 0.15) is 0 Å². The molecule has 0 atom stereocenters. The van der Waals surface area contributed by atoms with Gasteiger partial charge in [-0.2, -0.15) is 0 Å². The molecule has 0 aliphatic rings. The molecule has 0 amide bonds. The third-order valence-corrected chi connectivity index (χ3v) is 0. The van der Waals surface area contributed by atoms with Crippen molar-refractivity contribution in [3.63, 3.8) is 0 Å². The second kappa shape index (κ2) is 36.4. The zero-order valence-corrected chi connectivity index (χ0v) is 8.54. The summed E-state index contributed by atoms with van der Waals surface area (Å²) < 4.78 is 31.9. The fourth-order valence-electron chi connectivity index (χ4n) is 0. The zero-order valence-electron chi connectivity index (χ0n) is 4.74. The standard InChI is InChI=1S/CH2O3.BrH.ClH.Cr.5Mg.2H2O.2O.10H/c2-1(3)4;;;;;;;;;;;;;;;;;;;;;;/h(H2,2,3,4);2*1H;;;;;;;2*1H2;;;;;;;;;;;;/q;;;+2;;;;;;;;;;;;;;;;;;;/p-2. The second-order valence-corrected chi connectivity index (χ2v) is 2.13. The molecule has 4 N–H and O–H groups in total. The third-order valence-electron chi connectivity index (χ3n) is 0. The summed E-state index contributed by atoms with van der Waals surface area (Å²) in [7, 11) is 0. The van der Waals surface area contributed by atoms with Crippen LogP contribution in [0.2, 0.25) is 0 Å². The Labute approximate surface area is 192 Å². The molecular formula is CH16BrClCrMg5O7. The fourth-order valence-corrected chi connectivity index (χ4v) is 0. The molecule has 0 aliphatic carbocycles. The van der Waals surface area contributed by atoms with E-state index >= 15 is 0 Å². The summed E-state index contributed by atoms with van der Waals surface area (Å²) in [6.07, 6.45) is -1.83. The van der Waals surface area contributed by atoms with Gasteiger partial charge in [-0.25, -0.2) is 4.79 Å². The van der Waals surface area contributed by atoms with Crippen LogP contribution in [0.4, 0.5) is 4.79 Å². The first-order valence-electron chi connectivity index (χ1n) is 1.35. The third kappa shape index (κ3) is 333. The Morgan fingerprint density at radius 3 is 0.812 bits per heavy atom. The maximum absolute atomic E-state index is 8.82. The van der Waals surface area contributed by atoms with Crippen molar-refractivity contribution in [2.45, 2.75) is 0 Å². The summed E-state index contributed by atoms with van der Waals surface area (Å²) in [6, 6.07) is 0. The van der Waals surface area contributed by atoms with Gasteiger partial charge >= 0.3 is 151 Å². The van der Waals surface area contributed by atoms with Crippen LogP contribution in [-0.4, -0.2) is 140 Å². The van der Waals surface area contributed by atoms with E-state index in [0.29, 0.717) is 0 Å². The van der Waals surface area contributed by atoms with E-state index in [9.17, 15) is 0 Å². The number of carboxylic acid groups (broad SMARTS) is 2. The molecule has 0 aromatic heterocycles. The average molecular weight is 429 g/mol. The van der Waals surface area contributed by atoms with Crippen LogP contribution in [0.5, 0.6) is 0 Å². The summed E-state index contributed by atoms with van der Waals surface area (Å²) in [5.74, 6) is 0. The molecule has 92 valence electrons. The molecule has 0 radical (unpaired) electrons. The van der Waals surface area contributed by atoms with Gasteiger partial charge in [0.05, 0.1) is 0 Å². The van der Waals surface area contributed by atoms with Crippen molar-refractivity contribution < 1.29 is 44.5 Å². The number of carbonyl (C=O) groups is 1. The monoisotopic (exact) mass is 426 g/mol. The maximum atomic E-state index is 8.82. The van der Waals surface area contributed by atoms with Crippen molar-refractivity contribution in [1.82, 2.24) is 0 Å². The second-order valence-electron chi connectivity index (χ2n) is 0.730. The Morgan fingerprint density at radius 2 is 0.812 bits per heavy atom. The van der Waals surface area contributed by atoms with Crippen molar-refractivity contribution in [2.75, 3.05) is 0 Å². The molecule has 16 heavy (non-hydrogen) atoms. The molecule has 0 fully saturated rings. The van der Waals surface area contributed by atoms with Crippen LogP contribution in [-0.2, 0) is 21.2 Å². The minimum absolute atomic E-state index is 0. The Hall–Kier alpha value is 3.92. The summed E-state index contributed by atoms with van der Waals surface area (Å²) in [6.45, 7) is 0. The Morgan fingerprint density at radius 1 is 0.812 bits per heavy atom. The van der Waals surface area contributed by atoms with Crippen molar-refractivity contribution in [2.24, 2.45) is 0 Å². The summed E-state index contributed by atoms with van der Waals surface area (Å²) in [4.78, 5) is 8.56. The van der Waals surface area contributed by atoms with Gasteiger partial charge in [0.1, 0.15) is 0 Å². The molecule has 0 bridgehead atoms. The van der Waals surface area contributed by atoms with E-state index in [1.165, 1.54) is 0 Å². The van der Waals surface area contributed by atoms with E-state index in [0.717, 1.165) is 0 Å². The molecule has 0 unspecified atom stereocenters. The fraction of sp³-hybridized carbons (Fsp3) is 0. The van der Waals surface area contributed by atoms with Gasteiger partial charge in [0, 0.05) is 0 Å². The van der Waals surface area contributed by atoms with Crippen LogP contribution in [0.3, 0.4) is 0 Å². The number of hydrogen-bond donors (Lipinski definition) is 4. The quantitative estimate of drug-likeness (QED) is 0.285. The van der Waals surface area contributed by atoms with Crippen molar-refractivity contribution in [3.05, 3.63) is 0 Å². The molecule has 7 nitrogen and oxygen atoms in total. The number of halogens is 2. The van der Waals surface area contributed by atoms with E-state index in [2.05, 4.69) is 0 Å². The molecular weight excluding hydrogens is 413 g/mol. The van der Waals surface area contributed by atoms with Crippen LogP contribution in [0.25, 0.3) is 0 Å². The minimum atomic E-state index is -5.25. The van der Waals surface area contributed by atoms with E-state index in [4.69, 9.17) is 30.9 Å². The van der Waals surface area contributed by atoms with Gasteiger partial charge < -0.3 is 10.2 Å². The van der Waals surface area contributed by atoms with Gasteiger partial charge in [0.25, 0.3) is 0 Å². The zero-order chi connectivity index (χ0) is 8.08. The summed E-state index contributed by atoms with van der Waals surface area (Å²) in [5.41, 5.74) is 0. The topological polar surface area (TPSA) is 132 Å². The Kier molecular flexibility index (Phi) is 136. The van der Waals surface area contributed by atoms with Crippen LogP contribution in [0, 0.1) is 0 Å². The number of rotatable bonds is 0. The predicted octanol–water partition coefficient (Wildman–Crippen LogP) is -4.71. The van der Waals surface area contributed by atoms with Crippen LogP contribution < -0.4 is 0 Å². The van der Waals surface area contributed by atoms with Crippen molar-refractivity contribution >= 4 is 151 Å². The van der Waals surface area contributed by atoms with Gasteiger partial charge in [0.2, 0.25) is 0 Å². The molecule has 0 aliphatic heterocycles. The van der Waals surface area contributed by atoms with Gasteiger partial charge in [-0.1, -0.05) is 0 Å².